The maximum Gasteiger partial charge on any atom is 0.336 e. The minimum atomic E-state index is -0.470. The molecule has 4 aromatic rings. The molecular formula is C19H13N3O4. The van der Waals surface area contributed by atoms with E-state index in [1.807, 2.05) is 0 Å². The van der Waals surface area contributed by atoms with Gasteiger partial charge in [-0.2, -0.15) is 0 Å². The van der Waals surface area contributed by atoms with Gasteiger partial charge in [0, 0.05) is 22.9 Å². The minimum absolute atomic E-state index is 0.0667. The van der Waals surface area contributed by atoms with Crippen LogP contribution in [0.1, 0.15) is 0 Å². The number of para-hydroxylation sites is 2. The predicted molar refractivity (Wildman–Crippen MR) is 99.9 cm³/mol. The SMILES string of the molecule is N=C(Nc1cccc2ccc(=O)oc12)Nc1cccc2ccc(=O)oc12. The molecule has 0 aliphatic carbocycles. The first-order chi connectivity index (χ1) is 12.6. The van der Waals surface area contributed by atoms with Crippen molar-refractivity contribution >= 4 is 39.3 Å². The second-order valence-electron chi connectivity index (χ2n) is 5.58. The number of anilines is 2. The van der Waals surface area contributed by atoms with Crippen LogP contribution in [0.15, 0.2) is 79.1 Å². The van der Waals surface area contributed by atoms with E-state index in [1.165, 1.54) is 12.1 Å². The molecule has 0 amide bonds. The zero-order valence-corrected chi connectivity index (χ0v) is 13.4. The molecule has 128 valence electrons. The fraction of sp³-hybridized carbons (Fsp3) is 0. The van der Waals surface area contributed by atoms with Crippen molar-refractivity contribution in [2.45, 2.75) is 0 Å². The van der Waals surface area contributed by atoms with E-state index in [0.29, 0.717) is 22.5 Å². The Labute approximate surface area is 146 Å². The molecule has 0 aliphatic heterocycles. The number of guanidine groups is 1. The van der Waals surface area contributed by atoms with Crippen molar-refractivity contribution in [2.75, 3.05) is 10.6 Å². The van der Waals surface area contributed by atoms with Crippen molar-refractivity contribution in [1.82, 2.24) is 0 Å². The lowest BCUT2D eigenvalue weighted by Gasteiger charge is -2.12. The monoisotopic (exact) mass is 347 g/mol. The Bertz CT molecular complexity index is 1160. The van der Waals surface area contributed by atoms with E-state index in [4.69, 9.17) is 14.2 Å². The number of rotatable bonds is 2. The molecule has 0 atom stereocenters. The number of hydrogen-bond donors (Lipinski definition) is 3. The zero-order chi connectivity index (χ0) is 18.1. The largest absolute Gasteiger partial charge is 0.420 e. The summed E-state index contributed by atoms with van der Waals surface area (Å²) in [6.07, 6.45) is 0. The van der Waals surface area contributed by atoms with Crippen molar-refractivity contribution in [3.8, 4) is 0 Å². The Hall–Kier alpha value is -3.87. The first-order valence-corrected chi connectivity index (χ1v) is 7.78. The van der Waals surface area contributed by atoms with Crippen LogP contribution in [-0.4, -0.2) is 5.96 Å². The lowest BCUT2D eigenvalue weighted by molar-refractivity contribution is 0.562. The first-order valence-electron chi connectivity index (χ1n) is 7.78. The highest BCUT2D eigenvalue weighted by molar-refractivity contribution is 6.08. The summed E-state index contributed by atoms with van der Waals surface area (Å²) in [4.78, 5) is 23.0. The van der Waals surface area contributed by atoms with Crippen molar-refractivity contribution < 1.29 is 8.83 Å². The zero-order valence-electron chi connectivity index (χ0n) is 13.4. The smallest absolute Gasteiger partial charge is 0.336 e. The van der Waals surface area contributed by atoms with Gasteiger partial charge in [0.2, 0.25) is 0 Å². The van der Waals surface area contributed by atoms with Gasteiger partial charge in [-0.25, -0.2) is 9.59 Å². The van der Waals surface area contributed by atoms with Crippen LogP contribution in [-0.2, 0) is 0 Å². The molecule has 0 unspecified atom stereocenters. The van der Waals surface area contributed by atoms with Gasteiger partial charge in [0.25, 0.3) is 0 Å². The summed E-state index contributed by atoms with van der Waals surface area (Å²) in [5.74, 6) is -0.0667. The van der Waals surface area contributed by atoms with E-state index in [9.17, 15) is 9.59 Å². The van der Waals surface area contributed by atoms with Gasteiger partial charge < -0.3 is 19.5 Å². The maximum absolute atomic E-state index is 11.5. The van der Waals surface area contributed by atoms with E-state index < -0.39 is 11.3 Å². The topological polar surface area (TPSA) is 108 Å². The third-order valence-electron chi connectivity index (χ3n) is 3.81. The van der Waals surface area contributed by atoms with Gasteiger partial charge in [-0.3, -0.25) is 5.41 Å². The van der Waals surface area contributed by atoms with E-state index >= 15 is 0 Å². The quantitative estimate of drug-likeness (QED) is 0.291. The molecule has 3 N–H and O–H groups in total. The second kappa shape index (κ2) is 6.21. The number of hydrogen-bond acceptors (Lipinski definition) is 5. The molecule has 0 bridgehead atoms. The van der Waals surface area contributed by atoms with Crippen LogP contribution in [0, 0.1) is 5.41 Å². The summed E-state index contributed by atoms with van der Waals surface area (Å²) < 4.78 is 10.5. The van der Waals surface area contributed by atoms with Gasteiger partial charge in [-0.1, -0.05) is 24.3 Å². The highest BCUT2D eigenvalue weighted by atomic mass is 16.4. The van der Waals surface area contributed by atoms with E-state index in [2.05, 4.69) is 10.6 Å². The third kappa shape index (κ3) is 2.93. The van der Waals surface area contributed by atoms with Gasteiger partial charge in [-0.15, -0.1) is 0 Å². The Morgan fingerprint density at radius 2 is 1.15 bits per heavy atom. The van der Waals surface area contributed by atoms with Crippen LogP contribution in [0.25, 0.3) is 21.9 Å². The minimum Gasteiger partial charge on any atom is -0.420 e. The molecule has 2 aromatic carbocycles. The Kier molecular flexibility index (Phi) is 3.74. The molecule has 0 fully saturated rings. The van der Waals surface area contributed by atoms with Crippen molar-refractivity contribution in [2.24, 2.45) is 0 Å². The summed E-state index contributed by atoms with van der Waals surface area (Å²) in [5.41, 5.74) is 0.718. The van der Waals surface area contributed by atoms with Crippen LogP contribution in [0.3, 0.4) is 0 Å². The molecule has 0 radical (unpaired) electrons. The highest BCUT2D eigenvalue weighted by Gasteiger charge is 2.09. The van der Waals surface area contributed by atoms with Crippen molar-refractivity contribution in [3.05, 3.63) is 81.5 Å². The summed E-state index contributed by atoms with van der Waals surface area (Å²) in [6, 6.07) is 16.6. The normalized spacial score (nSPS) is 10.8. The molecular weight excluding hydrogens is 334 g/mol. The number of nitrogens with one attached hydrogen (secondary N) is 3. The predicted octanol–water partition coefficient (Wildman–Crippen LogP) is 3.36. The first kappa shape index (κ1) is 15.6. The lowest BCUT2D eigenvalue weighted by atomic mass is 10.2. The van der Waals surface area contributed by atoms with Gasteiger partial charge in [0.05, 0.1) is 11.4 Å². The Morgan fingerprint density at radius 1 is 0.692 bits per heavy atom. The van der Waals surface area contributed by atoms with Crippen molar-refractivity contribution in [1.29, 1.82) is 5.41 Å². The van der Waals surface area contributed by atoms with Gasteiger partial charge in [0.1, 0.15) is 0 Å². The summed E-state index contributed by atoms with van der Waals surface area (Å²) in [7, 11) is 0. The van der Waals surface area contributed by atoms with Gasteiger partial charge in [-0.05, 0) is 24.3 Å². The fourth-order valence-corrected chi connectivity index (χ4v) is 2.68. The lowest BCUT2D eigenvalue weighted by Crippen LogP contribution is -2.21. The molecule has 0 aliphatic rings. The average molecular weight is 347 g/mol. The Morgan fingerprint density at radius 3 is 1.62 bits per heavy atom. The number of fused-ring (bicyclic) bond motifs is 2. The molecule has 7 nitrogen and oxygen atoms in total. The fourth-order valence-electron chi connectivity index (χ4n) is 2.68. The molecule has 0 spiro atoms. The third-order valence-corrected chi connectivity index (χ3v) is 3.81. The van der Waals surface area contributed by atoms with Crippen LogP contribution >= 0.6 is 0 Å². The van der Waals surface area contributed by atoms with Gasteiger partial charge in [0.15, 0.2) is 17.1 Å². The van der Waals surface area contributed by atoms with E-state index in [0.717, 1.165) is 10.8 Å². The van der Waals surface area contributed by atoms with Crippen LogP contribution in [0.4, 0.5) is 11.4 Å². The molecule has 2 heterocycles. The van der Waals surface area contributed by atoms with Crippen molar-refractivity contribution in [3.63, 3.8) is 0 Å². The van der Waals surface area contributed by atoms with Crippen LogP contribution in [0.2, 0.25) is 0 Å². The highest BCUT2D eigenvalue weighted by Crippen LogP contribution is 2.24. The van der Waals surface area contributed by atoms with E-state index in [1.54, 1.807) is 48.5 Å². The molecule has 4 rings (SSSR count). The maximum atomic E-state index is 11.5. The standard InChI is InChI=1S/C19H13N3O4/c20-19(21-13-5-1-3-11-7-9-15(23)25-17(11)13)22-14-6-2-4-12-8-10-16(24)26-18(12)14/h1-10H,(H3,20,21,22). The second-order valence-corrected chi connectivity index (χ2v) is 5.58. The van der Waals surface area contributed by atoms with Crippen LogP contribution < -0.4 is 21.9 Å². The average Bonchev–Trinajstić information content (AvgIpc) is 2.63. The van der Waals surface area contributed by atoms with E-state index in [-0.39, 0.29) is 5.96 Å². The molecule has 2 aromatic heterocycles. The summed E-state index contributed by atoms with van der Waals surface area (Å²) in [6.45, 7) is 0. The molecule has 0 saturated heterocycles. The summed E-state index contributed by atoms with van der Waals surface area (Å²) >= 11 is 0. The molecule has 7 heteroatoms. The van der Waals surface area contributed by atoms with Gasteiger partial charge >= 0.3 is 11.3 Å². The molecule has 0 saturated carbocycles. The van der Waals surface area contributed by atoms with Crippen LogP contribution in [0.5, 0.6) is 0 Å². The summed E-state index contributed by atoms with van der Waals surface area (Å²) in [5, 5.41) is 15.3. The molecule has 26 heavy (non-hydrogen) atoms. The number of benzene rings is 2. The Balaban J connectivity index is 1.66.